The Kier molecular flexibility index (Phi) is 5.01. The van der Waals surface area contributed by atoms with Gasteiger partial charge in [0.05, 0.1) is 11.8 Å². The van der Waals surface area contributed by atoms with Crippen molar-refractivity contribution in [3.05, 3.63) is 47.6 Å². The highest BCUT2D eigenvalue weighted by Crippen LogP contribution is 2.28. The number of hydrogen-bond acceptors (Lipinski definition) is 4. The Morgan fingerprint density at radius 3 is 2.45 bits per heavy atom. The summed E-state index contributed by atoms with van der Waals surface area (Å²) in [5.74, 6) is -3.51. The largest absolute Gasteiger partial charge is 0.337 e. The average molecular weight is 407 g/mol. The summed E-state index contributed by atoms with van der Waals surface area (Å²) < 4.78 is 42.3. The van der Waals surface area contributed by atoms with Crippen LogP contribution in [0.3, 0.4) is 0 Å². The summed E-state index contributed by atoms with van der Waals surface area (Å²) in [6, 6.07) is 1.35. The fourth-order valence-corrected chi connectivity index (χ4v) is 3.65. The Morgan fingerprint density at radius 1 is 1.00 bits per heavy atom. The van der Waals surface area contributed by atoms with Crippen LogP contribution in [0.4, 0.5) is 13.2 Å². The van der Waals surface area contributed by atoms with E-state index < -0.39 is 17.6 Å². The molecule has 0 unspecified atom stereocenters. The van der Waals surface area contributed by atoms with E-state index in [9.17, 15) is 22.8 Å². The molecule has 1 fully saturated rings. The SMILES string of the molecule is O=C(c1cn2c(n1)CCN(C(=O)c1ccncc1F)CC2)N1CCC(F)(F)CC1. The molecule has 29 heavy (non-hydrogen) atoms. The molecule has 4 heterocycles. The van der Waals surface area contributed by atoms with Crippen molar-refractivity contribution in [2.45, 2.75) is 31.7 Å². The van der Waals surface area contributed by atoms with Crippen molar-refractivity contribution in [3.63, 3.8) is 0 Å². The molecule has 0 radical (unpaired) electrons. The number of aromatic nitrogens is 3. The smallest absolute Gasteiger partial charge is 0.274 e. The average Bonchev–Trinajstić information content (AvgIpc) is 3.00. The highest BCUT2D eigenvalue weighted by molar-refractivity contribution is 5.94. The lowest BCUT2D eigenvalue weighted by Crippen LogP contribution is -2.42. The van der Waals surface area contributed by atoms with Gasteiger partial charge in [-0.2, -0.15) is 0 Å². The number of halogens is 3. The third kappa shape index (κ3) is 3.96. The Hall–Kier alpha value is -2.91. The minimum Gasteiger partial charge on any atom is -0.337 e. The molecule has 7 nitrogen and oxygen atoms in total. The van der Waals surface area contributed by atoms with Crippen LogP contribution in [0.2, 0.25) is 0 Å². The summed E-state index contributed by atoms with van der Waals surface area (Å²) in [6.07, 6.45) is 3.71. The molecule has 0 atom stereocenters. The Morgan fingerprint density at radius 2 is 1.72 bits per heavy atom. The number of imidazole rings is 1. The summed E-state index contributed by atoms with van der Waals surface area (Å²) in [4.78, 5) is 36.2. The maximum atomic E-state index is 13.8. The molecule has 0 aliphatic carbocycles. The number of nitrogens with zero attached hydrogens (tertiary/aromatic N) is 5. The number of fused-ring (bicyclic) bond motifs is 1. The number of rotatable bonds is 2. The number of carbonyl (C=O) groups excluding carboxylic acids is 2. The van der Waals surface area contributed by atoms with Gasteiger partial charge in [0, 0.05) is 64.4 Å². The summed E-state index contributed by atoms with van der Waals surface area (Å²) >= 11 is 0. The maximum absolute atomic E-state index is 13.8. The lowest BCUT2D eigenvalue weighted by atomic mass is 10.1. The van der Waals surface area contributed by atoms with E-state index in [0.29, 0.717) is 31.9 Å². The predicted octanol–water partition coefficient (Wildman–Crippen LogP) is 1.99. The molecular formula is C19H20F3N5O2. The van der Waals surface area contributed by atoms with Crippen molar-refractivity contribution in [2.75, 3.05) is 26.2 Å². The highest BCUT2D eigenvalue weighted by atomic mass is 19.3. The van der Waals surface area contributed by atoms with Gasteiger partial charge in [-0.25, -0.2) is 18.2 Å². The maximum Gasteiger partial charge on any atom is 0.274 e. The first-order valence-electron chi connectivity index (χ1n) is 9.46. The van der Waals surface area contributed by atoms with E-state index >= 15 is 0 Å². The highest BCUT2D eigenvalue weighted by Gasteiger charge is 2.36. The van der Waals surface area contributed by atoms with Crippen LogP contribution in [0, 0.1) is 5.82 Å². The third-order valence-corrected chi connectivity index (χ3v) is 5.37. The van der Waals surface area contributed by atoms with Crippen LogP contribution >= 0.6 is 0 Å². The first-order chi connectivity index (χ1) is 13.8. The molecule has 1 saturated heterocycles. The second kappa shape index (κ2) is 7.49. The predicted molar refractivity (Wildman–Crippen MR) is 96.1 cm³/mol. The van der Waals surface area contributed by atoms with Crippen molar-refractivity contribution >= 4 is 11.8 Å². The Labute approximate surface area is 165 Å². The van der Waals surface area contributed by atoms with Gasteiger partial charge in [-0.15, -0.1) is 0 Å². The van der Waals surface area contributed by atoms with Gasteiger partial charge in [0.2, 0.25) is 0 Å². The van der Waals surface area contributed by atoms with Gasteiger partial charge in [0.15, 0.2) is 5.82 Å². The van der Waals surface area contributed by atoms with Gasteiger partial charge >= 0.3 is 0 Å². The third-order valence-electron chi connectivity index (χ3n) is 5.37. The molecule has 4 rings (SSSR count). The molecule has 0 aromatic carbocycles. The first kappa shape index (κ1) is 19.4. The van der Waals surface area contributed by atoms with E-state index in [-0.39, 0.29) is 43.1 Å². The zero-order chi connectivity index (χ0) is 20.6. The van der Waals surface area contributed by atoms with E-state index in [2.05, 4.69) is 9.97 Å². The summed E-state index contributed by atoms with van der Waals surface area (Å²) in [5, 5.41) is 0. The van der Waals surface area contributed by atoms with Crippen LogP contribution in [-0.4, -0.2) is 68.3 Å². The number of carbonyl (C=O) groups is 2. The molecular weight excluding hydrogens is 387 g/mol. The molecule has 0 spiro atoms. The van der Waals surface area contributed by atoms with Crippen molar-refractivity contribution in [1.82, 2.24) is 24.3 Å². The van der Waals surface area contributed by atoms with E-state index in [4.69, 9.17) is 0 Å². The normalized spacial score (nSPS) is 18.9. The monoisotopic (exact) mass is 407 g/mol. The zero-order valence-corrected chi connectivity index (χ0v) is 15.7. The van der Waals surface area contributed by atoms with E-state index in [1.807, 2.05) is 0 Å². The van der Waals surface area contributed by atoms with Crippen molar-refractivity contribution < 1.29 is 22.8 Å². The van der Waals surface area contributed by atoms with Crippen molar-refractivity contribution in [1.29, 1.82) is 0 Å². The molecule has 0 saturated carbocycles. The summed E-state index contributed by atoms with van der Waals surface area (Å²) in [7, 11) is 0. The zero-order valence-electron chi connectivity index (χ0n) is 15.7. The summed E-state index contributed by atoms with van der Waals surface area (Å²) in [5.41, 5.74) is 0.197. The number of likely N-dealkylation sites (tertiary alicyclic amines) is 1. The molecule has 0 N–H and O–H groups in total. The summed E-state index contributed by atoms with van der Waals surface area (Å²) in [6.45, 7) is 1.10. The Balaban J connectivity index is 1.43. The Bertz CT molecular complexity index is 910. The first-order valence-corrected chi connectivity index (χ1v) is 9.46. The van der Waals surface area contributed by atoms with Crippen LogP contribution in [0.15, 0.2) is 24.7 Å². The molecule has 2 aromatic heterocycles. The van der Waals surface area contributed by atoms with Crippen LogP contribution in [0.5, 0.6) is 0 Å². The lowest BCUT2D eigenvalue weighted by molar-refractivity contribution is -0.0495. The van der Waals surface area contributed by atoms with Gasteiger partial charge in [-0.3, -0.25) is 14.6 Å². The van der Waals surface area contributed by atoms with Crippen molar-refractivity contribution in [3.8, 4) is 0 Å². The van der Waals surface area contributed by atoms with Crippen LogP contribution < -0.4 is 0 Å². The van der Waals surface area contributed by atoms with Gasteiger partial charge in [-0.05, 0) is 6.07 Å². The van der Waals surface area contributed by atoms with Crippen LogP contribution in [0.25, 0.3) is 0 Å². The minimum absolute atomic E-state index is 0.00774. The van der Waals surface area contributed by atoms with E-state index in [0.717, 1.165) is 6.20 Å². The van der Waals surface area contributed by atoms with Gasteiger partial charge in [-0.1, -0.05) is 0 Å². The fraction of sp³-hybridized carbons (Fsp3) is 0.474. The van der Waals surface area contributed by atoms with Crippen LogP contribution in [-0.2, 0) is 13.0 Å². The minimum atomic E-state index is -2.72. The molecule has 0 bridgehead atoms. The second-order valence-electron chi connectivity index (χ2n) is 7.28. The number of amides is 2. The lowest BCUT2D eigenvalue weighted by Gasteiger charge is -2.31. The quantitative estimate of drug-likeness (QED) is 0.764. The van der Waals surface area contributed by atoms with E-state index in [1.54, 1.807) is 15.7 Å². The molecule has 2 amide bonds. The second-order valence-corrected chi connectivity index (χ2v) is 7.28. The topological polar surface area (TPSA) is 71.3 Å². The van der Waals surface area contributed by atoms with Crippen molar-refractivity contribution in [2.24, 2.45) is 0 Å². The van der Waals surface area contributed by atoms with Gasteiger partial charge in [0.1, 0.15) is 11.5 Å². The van der Waals surface area contributed by atoms with Gasteiger partial charge < -0.3 is 14.4 Å². The molecule has 2 aliphatic rings. The van der Waals surface area contributed by atoms with Crippen LogP contribution in [0.1, 0.15) is 39.5 Å². The standard InChI is InChI=1S/C19H20F3N5O2/c20-14-11-23-5-1-13(14)17(28)25-6-2-16-24-15(12-27(16)10-9-25)18(29)26-7-3-19(21,22)4-8-26/h1,5,11-12H,2-4,6-10H2. The fourth-order valence-electron chi connectivity index (χ4n) is 3.65. The number of pyridine rings is 1. The number of alkyl halides is 2. The number of piperidine rings is 1. The van der Waals surface area contributed by atoms with Gasteiger partial charge in [0.25, 0.3) is 17.7 Å². The molecule has 154 valence electrons. The van der Waals surface area contributed by atoms with E-state index in [1.165, 1.54) is 17.2 Å². The molecule has 2 aliphatic heterocycles. The molecule has 10 heteroatoms. The molecule has 2 aromatic rings. The number of hydrogen-bond donors (Lipinski definition) is 0.